The van der Waals surface area contributed by atoms with Gasteiger partial charge in [-0.2, -0.15) is 0 Å². The molecule has 1 fully saturated rings. The number of hydrogen-bond acceptors (Lipinski definition) is 3. The van der Waals surface area contributed by atoms with Gasteiger partial charge in [-0.05, 0) is 55.2 Å². The second-order valence-corrected chi connectivity index (χ2v) is 7.57. The predicted octanol–water partition coefficient (Wildman–Crippen LogP) is 4.02. The highest BCUT2D eigenvalue weighted by Crippen LogP contribution is 2.36. The van der Waals surface area contributed by atoms with E-state index in [1.54, 1.807) is 11.3 Å². The zero-order valence-corrected chi connectivity index (χ0v) is 14.9. The van der Waals surface area contributed by atoms with Crippen molar-refractivity contribution >= 4 is 33.8 Å². The number of amidine groups is 1. The second kappa shape index (κ2) is 6.61. The minimum absolute atomic E-state index is 0.0705. The van der Waals surface area contributed by atoms with Crippen molar-refractivity contribution in [1.29, 1.82) is 0 Å². The third-order valence-electron chi connectivity index (χ3n) is 4.86. The molecule has 0 aliphatic carbocycles. The Kier molecular flexibility index (Phi) is 4.31. The lowest BCUT2D eigenvalue weighted by molar-refractivity contribution is 0.140. The topological polar surface area (TPSA) is 57.4 Å². The summed E-state index contributed by atoms with van der Waals surface area (Å²) >= 11 is 1.57. The van der Waals surface area contributed by atoms with Crippen molar-refractivity contribution in [3.8, 4) is 0 Å². The number of nitrogens with one attached hydrogen (secondary N) is 1. The maximum Gasteiger partial charge on any atom is 0.141 e. The van der Waals surface area contributed by atoms with Crippen molar-refractivity contribution in [1.82, 2.24) is 9.88 Å². The van der Waals surface area contributed by atoms with Crippen LogP contribution < -0.4 is 5.73 Å². The van der Waals surface area contributed by atoms with Gasteiger partial charge < -0.3 is 15.6 Å². The molecule has 1 aromatic carbocycles. The average molecular weight is 356 g/mol. The molecule has 2 atom stereocenters. The van der Waals surface area contributed by atoms with Crippen molar-refractivity contribution in [3.05, 3.63) is 52.3 Å². The molecule has 3 aromatic rings. The van der Waals surface area contributed by atoms with E-state index in [1.807, 2.05) is 53.9 Å². The normalized spacial score (nSPS) is 22.6. The Balaban J connectivity index is 1.69. The number of nitrogens with two attached hydrogens (primary N) is 1. The number of rotatable bonds is 3. The van der Waals surface area contributed by atoms with Gasteiger partial charge in [0, 0.05) is 29.6 Å². The summed E-state index contributed by atoms with van der Waals surface area (Å²) in [5, 5.41) is 3.02. The fraction of sp³-hybridized carbons (Fsp3) is 0.316. The summed E-state index contributed by atoms with van der Waals surface area (Å²) in [5.41, 5.74) is 8.94. The highest BCUT2D eigenvalue weighted by Gasteiger charge is 2.30. The lowest BCUT2D eigenvalue weighted by Gasteiger charge is -2.32. The van der Waals surface area contributed by atoms with Crippen LogP contribution in [0.15, 0.2) is 46.9 Å². The fourth-order valence-electron chi connectivity index (χ4n) is 3.53. The molecule has 0 radical (unpaired) electrons. The van der Waals surface area contributed by atoms with Crippen molar-refractivity contribution in [2.24, 2.45) is 10.7 Å². The minimum Gasteiger partial charge on any atom is -0.383 e. The van der Waals surface area contributed by atoms with Crippen LogP contribution in [0, 0.1) is 0 Å². The molecule has 0 bridgehead atoms. The molecule has 0 spiro atoms. The van der Waals surface area contributed by atoms with E-state index in [1.165, 1.54) is 0 Å². The minimum atomic E-state index is -0.846. The largest absolute Gasteiger partial charge is 0.383 e. The average Bonchev–Trinajstić information content (AvgIpc) is 3.24. The molecule has 6 heteroatoms. The van der Waals surface area contributed by atoms with Crippen LogP contribution in [0.1, 0.15) is 22.8 Å². The number of benzene rings is 1. The van der Waals surface area contributed by atoms with Crippen LogP contribution >= 0.6 is 11.3 Å². The van der Waals surface area contributed by atoms with Crippen LogP contribution in [-0.2, 0) is 0 Å². The van der Waals surface area contributed by atoms with Gasteiger partial charge in [-0.25, -0.2) is 9.38 Å². The number of likely N-dealkylation sites (tertiary alicyclic amines) is 1. The third kappa shape index (κ3) is 3.19. The molecule has 1 aliphatic rings. The molecular weight excluding hydrogens is 335 g/mol. The molecule has 1 aliphatic heterocycles. The summed E-state index contributed by atoms with van der Waals surface area (Å²) in [6.45, 7) is 1.40. The Morgan fingerprint density at radius 2 is 2.28 bits per heavy atom. The van der Waals surface area contributed by atoms with E-state index in [0.29, 0.717) is 12.4 Å². The highest BCUT2D eigenvalue weighted by molar-refractivity contribution is 7.12. The van der Waals surface area contributed by atoms with Crippen LogP contribution in [-0.4, -0.2) is 42.0 Å². The smallest absolute Gasteiger partial charge is 0.141 e. The van der Waals surface area contributed by atoms with Gasteiger partial charge >= 0.3 is 0 Å². The lowest BCUT2D eigenvalue weighted by atomic mass is 9.88. The van der Waals surface area contributed by atoms with E-state index >= 15 is 0 Å². The fourth-order valence-corrected chi connectivity index (χ4v) is 4.16. The molecule has 1 saturated heterocycles. The first-order valence-electron chi connectivity index (χ1n) is 8.43. The maximum atomic E-state index is 14.6. The van der Waals surface area contributed by atoms with Gasteiger partial charge in [0.2, 0.25) is 0 Å². The Hall–Kier alpha value is -2.18. The Morgan fingerprint density at radius 3 is 3.04 bits per heavy atom. The molecule has 25 heavy (non-hydrogen) atoms. The van der Waals surface area contributed by atoms with E-state index < -0.39 is 6.17 Å². The van der Waals surface area contributed by atoms with Crippen molar-refractivity contribution in [3.63, 3.8) is 0 Å². The first-order valence-corrected chi connectivity index (χ1v) is 9.31. The summed E-state index contributed by atoms with van der Waals surface area (Å²) in [7, 11) is 1.97. The van der Waals surface area contributed by atoms with E-state index in [2.05, 4.69) is 9.98 Å². The lowest BCUT2D eigenvalue weighted by Crippen LogP contribution is -2.38. The number of aromatic amines is 1. The van der Waals surface area contributed by atoms with Crippen LogP contribution in [0.5, 0.6) is 0 Å². The Morgan fingerprint density at radius 1 is 1.40 bits per heavy atom. The zero-order valence-electron chi connectivity index (χ0n) is 14.1. The highest BCUT2D eigenvalue weighted by atomic mass is 32.1. The quantitative estimate of drug-likeness (QED) is 0.550. The van der Waals surface area contributed by atoms with Crippen LogP contribution in [0.3, 0.4) is 0 Å². The number of halogens is 1. The summed E-state index contributed by atoms with van der Waals surface area (Å²) in [6, 6.07) is 9.84. The van der Waals surface area contributed by atoms with Crippen LogP contribution in [0.25, 0.3) is 10.9 Å². The van der Waals surface area contributed by atoms with Gasteiger partial charge in [-0.3, -0.25) is 0 Å². The number of aromatic nitrogens is 1. The number of H-pyrrole nitrogens is 1. The standard InChI is InChI=1S/C19H21FN4S/c1-24-7-6-13(16(20)11-24)15-10-22-17-5-4-12(9-14(15)17)23-19(21)18-3-2-8-25-18/h2-5,8-10,13,16,22H,6-7,11H2,1H3,(H2,21,23). The zero-order chi connectivity index (χ0) is 17.4. The molecule has 4 rings (SSSR count). The summed E-state index contributed by atoms with van der Waals surface area (Å²) < 4.78 is 14.6. The van der Waals surface area contributed by atoms with Gasteiger partial charge in [-0.1, -0.05) is 6.07 Å². The molecule has 0 amide bonds. The van der Waals surface area contributed by atoms with E-state index in [0.717, 1.165) is 40.0 Å². The second-order valence-electron chi connectivity index (χ2n) is 6.62. The molecule has 4 nitrogen and oxygen atoms in total. The monoisotopic (exact) mass is 356 g/mol. The van der Waals surface area contributed by atoms with Gasteiger partial charge in [-0.15, -0.1) is 11.3 Å². The van der Waals surface area contributed by atoms with Gasteiger partial charge in [0.15, 0.2) is 0 Å². The molecule has 0 saturated carbocycles. The Bertz CT molecular complexity index is 899. The van der Waals surface area contributed by atoms with Gasteiger partial charge in [0.05, 0.1) is 10.6 Å². The molecule has 130 valence electrons. The molecule has 2 unspecified atom stereocenters. The van der Waals surface area contributed by atoms with Gasteiger partial charge in [0.1, 0.15) is 12.0 Å². The SMILES string of the molecule is CN1CCC(c2c[nH]c3ccc(N=C(N)c4cccs4)cc23)C(F)C1. The molecular formula is C19H21FN4S. The van der Waals surface area contributed by atoms with E-state index in [4.69, 9.17) is 5.73 Å². The predicted molar refractivity (Wildman–Crippen MR) is 103 cm³/mol. The molecule has 3 heterocycles. The molecule has 3 N–H and O–H groups in total. The Labute approximate surface area is 150 Å². The first-order chi connectivity index (χ1) is 12.1. The summed E-state index contributed by atoms with van der Waals surface area (Å²) in [6.07, 6.45) is 1.93. The maximum absolute atomic E-state index is 14.6. The summed E-state index contributed by atoms with van der Waals surface area (Å²) in [5.74, 6) is 0.438. The summed E-state index contributed by atoms with van der Waals surface area (Å²) in [4.78, 5) is 10.8. The van der Waals surface area contributed by atoms with Crippen LogP contribution in [0.2, 0.25) is 0 Å². The van der Waals surface area contributed by atoms with Crippen molar-refractivity contribution in [2.45, 2.75) is 18.5 Å². The van der Waals surface area contributed by atoms with E-state index in [-0.39, 0.29) is 5.92 Å². The number of piperidine rings is 1. The number of aliphatic imine (C=N–C) groups is 1. The number of hydrogen-bond donors (Lipinski definition) is 2. The van der Waals surface area contributed by atoms with Crippen molar-refractivity contribution in [2.75, 3.05) is 20.1 Å². The number of fused-ring (bicyclic) bond motifs is 1. The third-order valence-corrected chi connectivity index (χ3v) is 5.76. The number of alkyl halides is 1. The number of thiophene rings is 1. The van der Waals surface area contributed by atoms with Gasteiger partial charge in [0.25, 0.3) is 0 Å². The van der Waals surface area contributed by atoms with Crippen molar-refractivity contribution < 1.29 is 4.39 Å². The molecule has 2 aromatic heterocycles. The first kappa shape index (κ1) is 16.3. The number of nitrogens with zero attached hydrogens (tertiary/aromatic N) is 2. The van der Waals surface area contributed by atoms with Crippen LogP contribution in [0.4, 0.5) is 10.1 Å². The van der Waals surface area contributed by atoms with E-state index in [9.17, 15) is 4.39 Å².